The van der Waals surface area contributed by atoms with Crippen LogP contribution in [-0.4, -0.2) is 48.2 Å². The van der Waals surface area contributed by atoms with Crippen molar-refractivity contribution >= 4 is 24.1 Å². The normalized spacial score (nSPS) is 18.2. The average Bonchev–Trinajstić information content (AvgIpc) is 2.89. The fourth-order valence-electron chi connectivity index (χ4n) is 4.35. The summed E-state index contributed by atoms with van der Waals surface area (Å²) in [6, 6.07) is 9.92. The van der Waals surface area contributed by atoms with E-state index in [0.717, 1.165) is 17.2 Å². The van der Waals surface area contributed by atoms with Crippen LogP contribution in [0.5, 0.6) is 11.5 Å². The first-order valence-corrected chi connectivity index (χ1v) is 13.6. The molecule has 4 rings (SSSR count). The Kier molecular flexibility index (Phi) is 9.58. The summed E-state index contributed by atoms with van der Waals surface area (Å²) in [4.78, 5) is 22.8. The van der Waals surface area contributed by atoms with E-state index in [9.17, 15) is 35.9 Å². The van der Waals surface area contributed by atoms with Gasteiger partial charge < -0.3 is 19.3 Å². The molecule has 0 bridgehead atoms. The maximum absolute atomic E-state index is 13.2. The summed E-state index contributed by atoms with van der Waals surface area (Å²) in [5.74, 6) is -2.48. The minimum Gasteiger partial charge on any atom is -0.478 e. The van der Waals surface area contributed by atoms with E-state index in [-0.39, 0.29) is 28.9 Å². The summed E-state index contributed by atoms with van der Waals surface area (Å²) in [6.07, 6.45) is -12.0. The summed E-state index contributed by atoms with van der Waals surface area (Å²) in [5.41, 5.74) is 0.621. The van der Waals surface area contributed by atoms with Crippen LogP contribution in [0.2, 0.25) is 0 Å². The Morgan fingerprint density at radius 3 is 1.45 bits per heavy atom. The van der Waals surface area contributed by atoms with Gasteiger partial charge in [0.2, 0.25) is 12.2 Å². The molecule has 2 aromatic rings. The van der Waals surface area contributed by atoms with Gasteiger partial charge in [-0.05, 0) is 53.2 Å². The van der Waals surface area contributed by atoms with Gasteiger partial charge in [0, 0.05) is 11.1 Å². The standard InChI is InChI=1S/C17H19F3O3.C15H15F3O3/c1-5-22-15(21)12-8-10-6-7-11(16(2,3)4)9-13(10)23-14(12)17(18,19)20;1-14(2,3)9-5-4-8-6-10(13(19)20)12(15(16,17)18)21-11(8)7-9/h6-9,14H,5H2,1-4H3;4-7,12H,1-3H3,(H,19,20). The number of hydrogen-bond donors (Lipinski definition) is 1. The lowest BCUT2D eigenvalue weighted by Gasteiger charge is -2.29. The summed E-state index contributed by atoms with van der Waals surface area (Å²) < 4.78 is 93.4. The quantitative estimate of drug-likeness (QED) is 0.274. The fraction of sp³-hybridized carbons (Fsp3) is 0.438. The van der Waals surface area contributed by atoms with Gasteiger partial charge >= 0.3 is 24.3 Å². The van der Waals surface area contributed by atoms with E-state index in [2.05, 4.69) is 0 Å². The molecule has 2 aliphatic heterocycles. The van der Waals surface area contributed by atoms with Crippen molar-refractivity contribution in [3.05, 3.63) is 69.8 Å². The smallest absolute Gasteiger partial charge is 0.430 e. The van der Waals surface area contributed by atoms with Crippen LogP contribution < -0.4 is 9.47 Å². The number of esters is 1. The molecule has 44 heavy (non-hydrogen) atoms. The first-order chi connectivity index (χ1) is 20.0. The lowest BCUT2D eigenvalue weighted by Crippen LogP contribution is -2.40. The molecular formula is C32H34F6O6. The Labute approximate surface area is 251 Å². The number of aliphatic carboxylic acids is 1. The third-order valence-corrected chi connectivity index (χ3v) is 6.79. The van der Waals surface area contributed by atoms with Crippen molar-refractivity contribution in [2.75, 3.05) is 6.61 Å². The lowest BCUT2D eigenvalue weighted by atomic mass is 9.86. The van der Waals surface area contributed by atoms with Gasteiger partial charge in [0.05, 0.1) is 17.8 Å². The molecule has 0 amide bonds. The number of halogens is 6. The first kappa shape index (κ1) is 34.5. The number of carboxylic acids is 1. The molecule has 2 heterocycles. The van der Waals surface area contributed by atoms with Crippen LogP contribution in [0.4, 0.5) is 26.3 Å². The van der Waals surface area contributed by atoms with Crippen molar-refractivity contribution in [1.29, 1.82) is 0 Å². The molecule has 0 saturated heterocycles. The lowest BCUT2D eigenvalue weighted by molar-refractivity contribution is -0.187. The molecule has 0 aliphatic carbocycles. The van der Waals surface area contributed by atoms with Gasteiger partial charge in [0.1, 0.15) is 11.5 Å². The highest BCUT2D eigenvalue weighted by Gasteiger charge is 2.49. The summed E-state index contributed by atoms with van der Waals surface area (Å²) in [7, 11) is 0. The Bertz CT molecular complexity index is 1470. The molecular weight excluding hydrogens is 594 g/mol. The zero-order valence-electron chi connectivity index (χ0n) is 25.2. The van der Waals surface area contributed by atoms with Gasteiger partial charge in [0.25, 0.3) is 0 Å². The SMILES string of the molecule is CC(C)(C)c1ccc2c(c1)OC(C(F)(F)F)C(C(=O)O)=C2.CCOC(=O)C1=Cc2ccc(C(C)(C)C)cc2OC1C(F)(F)F. The number of fused-ring (bicyclic) bond motifs is 2. The third kappa shape index (κ3) is 7.95. The second-order valence-corrected chi connectivity index (χ2v) is 12.3. The minimum atomic E-state index is -4.78. The molecule has 0 spiro atoms. The minimum absolute atomic E-state index is 0.00340. The highest BCUT2D eigenvalue weighted by Crippen LogP contribution is 2.41. The Balaban J connectivity index is 0.000000241. The highest BCUT2D eigenvalue weighted by atomic mass is 19.4. The van der Waals surface area contributed by atoms with Crippen molar-refractivity contribution in [2.45, 2.75) is 83.9 Å². The van der Waals surface area contributed by atoms with Crippen LogP contribution in [-0.2, 0) is 25.2 Å². The van der Waals surface area contributed by atoms with Gasteiger partial charge in [-0.1, -0.05) is 65.8 Å². The van der Waals surface area contributed by atoms with Crippen LogP contribution in [0.15, 0.2) is 47.5 Å². The number of benzene rings is 2. The highest BCUT2D eigenvalue weighted by molar-refractivity contribution is 5.96. The molecule has 1 N–H and O–H groups in total. The molecule has 2 unspecified atom stereocenters. The van der Waals surface area contributed by atoms with Crippen LogP contribution in [0.3, 0.4) is 0 Å². The molecule has 0 fully saturated rings. The Morgan fingerprint density at radius 2 is 1.11 bits per heavy atom. The van der Waals surface area contributed by atoms with Crippen LogP contribution in [0.1, 0.15) is 70.7 Å². The van der Waals surface area contributed by atoms with E-state index in [1.807, 2.05) is 47.6 Å². The van der Waals surface area contributed by atoms with Crippen LogP contribution in [0, 0.1) is 0 Å². The third-order valence-electron chi connectivity index (χ3n) is 6.79. The van der Waals surface area contributed by atoms with E-state index in [1.54, 1.807) is 24.3 Å². The fourth-order valence-corrected chi connectivity index (χ4v) is 4.35. The van der Waals surface area contributed by atoms with E-state index < -0.39 is 47.6 Å². The van der Waals surface area contributed by atoms with E-state index in [4.69, 9.17) is 19.3 Å². The van der Waals surface area contributed by atoms with Crippen molar-refractivity contribution in [2.24, 2.45) is 0 Å². The van der Waals surface area contributed by atoms with Crippen LogP contribution >= 0.6 is 0 Å². The van der Waals surface area contributed by atoms with Gasteiger partial charge in [-0.3, -0.25) is 0 Å². The summed E-state index contributed by atoms with van der Waals surface area (Å²) in [5, 5.41) is 8.93. The topological polar surface area (TPSA) is 82.1 Å². The van der Waals surface area contributed by atoms with Crippen molar-refractivity contribution in [1.82, 2.24) is 0 Å². The second kappa shape index (κ2) is 12.2. The largest absolute Gasteiger partial charge is 0.478 e. The molecule has 2 aliphatic rings. The van der Waals surface area contributed by atoms with Crippen molar-refractivity contribution < 1.29 is 55.2 Å². The van der Waals surface area contributed by atoms with Crippen molar-refractivity contribution in [3.8, 4) is 11.5 Å². The molecule has 6 nitrogen and oxygen atoms in total. The first-order valence-electron chi connectivity index (χ1n) is 13.6. The maximum Gasteiger partial charge on any atom is 0.430 e. The molecule has 0 saturated carbocycles. The predicted molar refractivity (Wildman–Crippen MR) is 151 cm³/mol. The molecule has 0 radical (unpaired) electrons. The monoisotopic (exact) mass is 628 g/mol. The number of carboxylic acid groups (broad SMARTS) is 1. The number of carbonyl (C=O) groups excluding carboxylic acids is 1. The van der Waals surface area contributed by atoms with Gasteiger partial charge in [-0.15, -0.1) is 0 Å². The predicted octanol–water partition coefficient (Wildman–Crippen LogP) is 8.03. The number of rotatable bonds is 3. The maximum atomic E-state index is 13.2. The Hall–Kier alpha value is -3.96. The summed E-state index contributed by atoms with van der Waals surface area (Å²) >= 11 is 0. The Morgan fingerprint density at radius 1 is 0.727 bits per heavy atom. The van der Waals surface area contributed by atoms with Gasteiger partial charge in [0.15, 0.2) is 0 Å². The van der Waals surface area contributed by atoms with E-state index >= 15 is 0 Å². The summed E-state index contributed by atoms with van der Waals surface area (Å²) in [6.45, 7) is 13.2. The van der Waals surface area contributed by atoms with Gasteiger partial charge in [-0.25, -0.2) is 9.59 Å². The van der Waals surface area contributed by atoms with Crippen LogP contribution in [0.25, 0.3) is 12.2 Å². The molecule has 0 aromatic heterocycles. The number of carbonyl (C=O) groups is 2. The van der Waals surface area contributed by atoms with E-state index in [0.29, 0.717) is 11.1 Å². The molecule has 240 valence electrons. The zero-order valence-corrected chi connectivity index (χ0v) is 25.2. The zero-order chi connectivity index (χ0) is 33.4. The number of alkyl halides is 6. The number of hydrogen-bond acceptors (Lipinski definition) is 5. The van der Waals surface area contributed by atoms with Crippen molar-refractivity contribution in [3.63, 3.8) is 0 Å². The molecule has 2 atom stereocenters. The van der Waals surface area contributed by atoms with E-state index in [1.165, 1.54) is 19.1 Å². The number of ether oxygens (including phenoxy) is 3. The van der Waals surface area contributed by atoms with Gasteiger partial charge in [-0.2, -0.15) is 26.3 Å². The second-order valence-electron chi connectivity index (χ2n) is 12.3. The molecule has 2 aromatic carbocycles. The molecule has 12 heteroatoms. The average molecular weight is 629 g/mol.